The van der Waals surface area contributed by atoms with Gasteiger partial charge in [-0.3, -0.25) is 9.59 Å². The molecule has 0 radical (unpaired) electrons. The summed E-state index contributed by atoms with van der Waals surface area (Å²) in [6, 6.07) is 12.0. The van der Waals surface area contributed by atoms with Gasteiger partial charge in [0.05, 0.1) is 6.42 Å². The Hall–Kier alpha value is -1.75. The van der Waals surface area contributed by atoms with Crippen LogP contribution in [0.1, 0.15) is 50.2 Å². The van der Waals surface area contributed by atoms with E-state index < -0.39 is 6.04 Å². The van der Waals surface area contributed by atoms with Gasteiger partial charge in [0, 0.05) is 27.7 Å². The first-order valence-corrected chi connectivity index (χ1v) is 11.8. The van der Waals surface area contributed by atoms with Gasteiger partial charge in [0.15, 0.2) is 0 Å². The molecule has 1 saturated carbocycles. The summed E-state index contributed by atoms with van der Waals surface area (Å²) >= 11 is 18.7. The van der Waals surface area contributed by atoms with E-state index in [9.17, 15) is 9.59 Å². The molecule has 3 rings (SSSR count). The standard InChI is InChI=1S/C24H27Cl3N2O2/c1-2-22(24(31)28-19-8-4-5-9-19)29(15-17-7-3-6-10-20(17)26)23(30)13-16-11-12-18(25)14-21(16)27/h3,6-7,10-12,14,19,22H,2,4-5,8-9,13,15H2,1H3,(H,28,31)/t22-/m0/s1. The van der Waals surface area contributed by atoms with Crippen molar-refractivity contribution < 1.29 is 9.59 Å². The average molecular weight is 482 g/mol. The van der Waals surface area contributed by atoms with Crippen LogP contribution >= 0.6 is 34.8 Å². The van der Waals surface area contributed by atoms with E-state index in [1.54, 1.807) is 29.2 Å². The number of rotatable bonds is 8. The molecular formula is C24H27Cl3N2O2. The Morgan fingerprint density at radius 2 is 1.74 bits per heavy atom. The van der Waals surface area contributed by atoms with E-state index in [4.69, 9.17) is 34.8 Å². The Balaban J connectivity index is 1.85. The number of halogens is 3. The van der Waals surface area contributed by atoms with E-state index in [2.05, 4.69) is 5.32 Å². The van der Waals surface area contributed by atoms with Crippen LogP contribution in [0.25, 0.3) is 0 Å². The fourth-order valence-corrected chi connectivity index (χ4v) is 4.70. The van der Waals surface area contributed by atoms with Crippen LogP contribution in [0, 0.1) is 0 Å². The maximum Gasteiger partial charge on any atom is 0.243 e. The Labute approximate surface area is 198 Å². The summed E-state index contributed by atoms with van der Waals surface area (Å²) in [6.45, 7) is 2.17. The Morgan fingerprint density at radius 1 is 1.03 bits per heavy atom. The summed E-state index contributed by atoms with van der Waals surface area (Å²) < 4.78 is 0. The van der Waals surface area contributed by atoms with Crippen LogP contribution in [0.4, 0.5) is 0 Å². The van der Waals surface area contributed by atoms with Gasteiger partial charge in [-0.05, 0) is 48.6 Å². The number of carbonyl (C=O) groups is 2. The predicted octanol–water partition coefficient (Wildman–Crippen LogP) is 6.06. The first-order chi connectivity index (χ1) is 14.9. The lowest BCUT2D eigenvalue weighted by Gasteiger charge is -2.32. The molecule has 0 unspecified atom stereocenters. The van der Waals surface area contributed by atoms with E-state index >= 15 is 0 Å². The number of amides is 2. The molecule has 2 aromatic rings. The lowest BCUT2D eigenvalue weighted by atomic mass is 10.1. The second-order valence-corrected chi connectivity index (χ2v) is 9.19. The van der Waals surface area contributed by atoms with Crippen molar-refractivity contribution in [3.05, 3.63) is 68.7 Å². The highest BCUT2D eigenvalue weighted by Crippen LogP contribution is 2.25. The van der Waals surface area contributed by atoms with E-state index in [-0.39, 0.29) is 30.8 Å². The third kappa shape index (κ3) is 6.38. The summed E-state index contributed by atoms with van der Waals surface area (Å²) in [5.41, 5.74) is 1.47. The molecule has 1 aliphatic carbocycles. The van der Waals surface area contributed by atoms with Crippen LogP contribution in [0.2, 0.25) is 15.1 Å². The second-order valence-electron chi connectivity index (χ2n) is 7.94. The zero-order valence-corrected chi connectivity index (χ0v) is 19.8. The molecule has 0 bridgehead atoms. The molecule has 1 fully saturated rings. The molecule has 31 heavy (non-hydrogen) atoms. The molecule has 0 heterocycles. The number of hydrogen-bond donors (Lipinski definition) is 1. The molecule has 2 amide bonds. The van der Waals surface area contributed by atoms with Crippen molar-refractivity contribution in [1.29, 1.82) is 0 Å². The molecule has 166 valence electrons. The molecule has 4 nitrogen and oxygen atoms in total. The summed E-state index contributed by atoms with van der Waals surface area (Å²) in [5.74, 6) is -0.297. The van der Waals surface area contributed by atoms with Gasteiger partial charge in [0.25, 0.3) is 0 Å². The van der Waals surface area contributed by atoms with Gasteiger partial charge in [0.2, 0.25) is 11.8 Å². The van der Waals surface area contributed by atoms with Gasteiger partial charge >= 0.3 is 0 Å². The minimum Gasteiger partial charge on any atom is -0.352 e. The summed E-state index contributed by atoms with van der Waals surface area (Å²) in [4.78, 5) is 28.2. The molecule has 7 heteroatoms. The molecule has 0 aromatic heterocycles. The maximum absolute atomic E-state index is 13.4. The summed E-state index contributed by atoms with van der Waals surface area (Å²) in [6.07, 6.45) is 4.80. The Bertz CT molecular complexity index is 929. The molecule has 1 atom stereocenters. The van der Waals surface area contributed by atoms with Crippen LogP contribution in [0.5, 0.6) is 0 Å². The predicted molar refractivity (Wildman–Crippen MR) is 127 cm³/mol. The molecule has 0 aliphatic heterocycles. The van der Waals surface area contributed by atoms with E-state index in [0.29, 0.717) is 27.1 Å². The number of carbonyl (C=O) groups excluding carboxylic acids is 2. The van der Waals surface area contributed by atoms with Crippen LogP contribution in [-0.4, -0.2) is 28.8 Å². The van der Waals surface area contributed by atoms with Crippen LogP contribution < -0.4 is 5.32 Å². The average Bonchev–Trinajstić information content (AvgIpc) is 3.24. The fraction of sp³-hybridized carbons (Fsp3) is 0.417. The molecule has 1 aliphatic rings. The first-order valence-electron chi connectivity index (χ1n) is 10.7. The van der Waals surface area contributed by atoms with Gasteiger partial charge in [0.1, 0.15) is 6.04 Å². The summed E-state index contributed by atoms with van der Waals surface area (Å²) in [5, 5.41) is 4.65. The van der Waals surface area contributed by atoms with Gasteiger partial charge in [-0.15, -0.1) is 0 Å². The second kappa shape index (κ2) is 11.2. The largest absolute Gasteiger partial charge is 0.352 e. The van der Waals surface area contributed by atoms with Crippen molar-refractivity contribution in [2.75, 3.05) is 0 Å². The van der Waals surface area contributed by atoms with Crippen LogP contribution in [0.15, 0.2) is 42.5 Å². The summed E-state index contributed by atoms with van der Waals surface area (Å²) in [7, 11) is 0. The highest BCUT2D eigenvalue weighted by molar-refractivity contribution is 6.35. The highest BCUT2D eigenvalue weighted by Gasteiger charge is 2.31. The lowest BCUT2D eigenvalue weighted by molar-refractivity contribution is -0.141. The van der Waals surface area contributed by atoms with E-state index in [1.165, 1.54) is 0 Å². The van der Waals surface area contributed by atoms with Gasteiger partial charge < -0.3 is 10.2 Å². The van der Waals surface area contributed by atoms with Gasteiger partial charge in [-0.2, -0.15) is 0 Å². The molecular weight excluding hydrogens is 455 g/mol. The number of nitrogens with one attached hydrogen (secondary N) is 1. The first kappa shape index (κ1) is 23.9. The van der Waals surface area contributed by atoms with Crippen molar-refractivity contribution in [2.45, 2.75) is 64.1 Å². The number of hydrogen-bond acceptors (Lipinski definition) is 2. The van der Waals surface area contributed by atoms with Crippen molar-refractivity contribution in [3.63, 3.8) is 0 Å². The van der Waals surface area contributed by atoms with Crippen molar-refractivity contribution in [1.82, 2.24) is 10.2 Å². The third-order valence-electron chi connectivity index (χ3n) is 5.74. The van der Waals surface area contributed by atoms with Crippen molar-refractivity contribution >= 4 is 46.6 Å². The minimum atomic E-state index is -0.588. The fourth-order valence-electron chi connectivity index (χ4n) is 4.03. The smallest absolute Gasteiger partial charge is 0.243 e. The molecule has 2 aromatic carbocycles. The van der Waals surface area contributed by atoms with Crippen molar-refractivity contribution in [2.24, 2.45) is 0 Å². The maximum atomic E-state index is 13.4. The molecule has 0 saturated heterocycles. The topological polar surface area (TPSA) is 49.4 Å². The van der Waals surface area contributed by atoms with E-state index in [1.807, 2.05) is 25.1 Å². The quantitative estimate of drug-likeness (QED) is 0.498. The lowest BCUT2D eigenvalue weighted by Crippen LogP contribution is -2.51. The van der Waals surface area contributed by atoms with Gasteiger partial charge in [-0.25, -0.2) is 0 Å². The highest BCUT2D eigenvalue weighted by atomic mass is 35.5. The third-order valence-corrected chi connectivity index (χ3v) is 6.70. The van der Waals surface area contributed by atoms with E-state index in [0.717, 1.165) is 31.2 Å². The molecule has 1 N–H and O–H groups in total. The van der Waals surface area contributed by atoms with Crippen molar-refractivity contribution in [3.8, 4) is 0 Å². The Morgan fingerprint density at radius 3 is 2.39 bits per heavy atom. The normalized spacial score (nSPS) is 15.0. The zero-order valence-electron chi connectivity index (χ0n) is 17.5. The van der Waals surface area contributed by atoms with Gasteiger partial charge in [-0.1, -0.05) is 78.8 Å². The van der Waals surface area contributed by atoms with Crippen LogP contribution in [0.3, 0.4) is 0 Å². The number of benzene rings is 2. The zero-order chi connectivity index (χ0) is 22.4. The minimum absolute atomic E-state index is 0.0770. The molecule has 0 spiro atoms. The number of nitrogens with zero attached hydrogens (tertiary/aromatic N) is 1. The van der Waals surface area contributed by atoms with Crippen LogP contribution in [-0.2, 0) is 22.6 Å². The Kier molecular flexibility index (Phi) is 8.65. The monoisotopic (exact) mass is 480 g/mol. The SMILES string of the molecule is CC[C@@H](C(=O)NC1CCCC1)N(Cc1ccccc1Cl)C(=O)Cc1ccc(Cl)cc1Cl.